The van der Waals surface area contributed by atoms with Gasteiger partial charge in [-0.1, -0.05) is 0 Å². The highest BCUT2D eigenvalue weighted by Crippen LogP contribution is 2.25. The monoisotopic (exact) mass is 348 g/mol. The van der Waals surface area contributed by atoms with Gasteiger partial charge < -0.3 is 4.74 Å². The molecule has 0 bridgehead atoms. The van der Waals surface area contributed by atoms with Gasteiger partial charge in [0, 0.05) is 23.5 Å². The summed E-state index contributed by atoms with van der Waals surface area (Å²) in [5, 5.41) is 4.52. The lowest BCUT2D eigenvalue weighted by Gasteiger charge is -2.06. The van der Waals surface area contributed by atoms with E-state index in [0.29, 0.717) is 22.6 Å². The lowest BCUT2D eigenvalue weighted by Crippen LogP contribution is -2.06. The number of benzene rings is 1. The lowest BCUT2D eigenvalue weighted by atomic mass is 10.1. The number of hydrogen-bond acceptors (Lipinski definition) is 5. The molecule has 0 radical (unpaired) electrons. The molecule has 0 aliphatic carbocycles. The third-order valence-electron chi connectivity index (χ3n) is 3.97. The van der Waals surface area contributed by atoms with E-state index in [1.54, 1.807) is 41.2 Å². The molecule has 0 saturated heterocycles. The zero-order valence-electron chi connectivity index (χ0n) is 13.8. The summed E-state index contributed by atoms with van der Waals surface area (Å²) in [6.07, 6.45) is 3.35. The Bertz CT molecular complexity index is 1090. The quantitative estimate of drug-likeness (QED) is 0.531. The number of aromatic nitrogens is 4. The first-order chi connectivity index (χ1) is 12.7. The number of fused-ring (bicyclic) bond motifs is 1. The molecular weight excluding hydrogens is 335 g/mol. The number of rotatable bonds is 3. The zero-order chi connectivity index (χ0) is 18.1. The van der Waals surface area contributed by atoms with E-state index in [1.807, 2.05) is 12.1 Å². The van der Waals surface area contributed by atoms with Crippen LogP contribution in [0, 0.1) is 5.82 Å². The van der Waals surface area contributed by atoms with Crippen molar-refractivity contribution in [2.24, 2.45) is 0 Å². The van der Waals surface area contributed by atoms with Gasteiger partial charge in [0.1, 0.15) is 11.4 Å². The Hall–Kier alpha value is -3.61. The lowest BCUT2D eigenvalue weighted by molar-refractivity contribution is 0.0602. The van der Waals surface area contributed by atoms with Crippen molar-refractivity contribution >= 4 is 11.6 Å². The maximum atomic E-state index is 13.2. The van der Waals surface area contributed by atoms with E-state index in [1.165, 1.54) is 19.2 Å². The van der Waals surface area contributed by atoms with E-state index < -0.39 is 5.97 Å². The van der Waals surface area contributed by atoms with E-state index in [0.717, 1.165) is 11.3 Å². The van der Waals surface area contributed by atoms with Crippen molar-refractivity contribution in [3.8, 4) is 22.6 Å². The van der Waals surface area contributed by atoms with Crippen LogP contribution in [-0.4, -0.2) is 32.7 Å². The van der Waals surface area contributed by atoms with Crippen molar-refractivity contribution < 1.29 is 13.9 Å². The van der Waals surface area contributed by atoms with E-state index in [-0.39, 0.29) is 5.82 Å². The number of esters is 1. The number of halogens is 1. The van der Waals surface area contributed by atoms with E-state index in [2.05, 4.69) is 15.1 Å². The summed E-state index contributed by atoms with van der Waals surface area (Å²) in [7, 11) is 1.31. The Labute approximate surface area is 147 Å². The van der Waals surface area contributed by atoms with Gasteiger partial charge in [-0.25, -0.2) is 18.7 Å². The minimum Gasteiger partial charge on any atom is -0.465 e. The first-order valence-corrected chi connectivity index (χ1v) is 7.82. The fraction of sp³-hybridized carbons (Fsp3) is 0.0526. The average Bonchev–Trinajstić information content (AvgIpc) is 3.13. The van der Waals surface area contributed by atoms with Gasteiger partial charge in [0.25, 0.3) is 0 Å². The molecule has 128 valence electrons. The fourth-order valence-electron chi connectivity index (χ4n) is 2.69. The molecule has 3 heterocycles. The largest absolute Gasteiger partial charge is 0.465 e. The Morgan fingerprint density at radius 1 is 1.00 bits per heavy atom. The van der Waals surface area contributed by atoms with E-state index in [4.69, 9.17) is 4.74 Å². The minimum atomic E-state index is -0.505. The Morgan fingerprint density at radius 2 is 1.73 bits per heavy atom. The number of ether oxygens (including phenoxy) is 1. The van der Waals surface area contributed by atoms with Crippen LogP contribution < -0.4 is 0 Å². The van der Waals surface area contributed by atoms with Crippen LogP contribution in [0.25, 0.3) is 28.3 Å². The highest BCUT2D eigenvalue weighted by atomic mass is 19.1. The molecule has 0 spiro atoms. The second-order valence-electron chi connectivity index (χ2n) is 5.54. The average molecular weight is 348 g/mol. The molecule has 0 atom stereocenters. The summed E-state index contributed by atoms with van der Waals surface area (Å²) in [5.41, 5.74) is 2.93. The maximum Gasteiger partial charge on any atom is 0.341 e. The number of carbonyl (C=O) groups excluding carboxylic acids is 1. The Kier molecular flexibility index (Phi) is 3.89. The van der Waals surface area contributed by atoms with Crippen LogP contribution in [-0.2, 0) is 4.74 Å². The highest BCUT2D eigenvalue weighted by Gasteiger charge is 2.18. The highest BCUT2D eigenvalue weighted by molar-refractivity contribution is 5.96. The second-order valence-corrected chi connectivity index (χ2v) is 5.54. The van der Waals surface area contributed by atoms with Gasteiger partial charge in [0.05, 0.1) is 12.8 Å². The van der Waals surface area contributed by atoms with Gasteiger partial charge in [-0.15, -0.1) is 5.10 Å². The first kappa shape index (κ1) is 15.9. The van der Waals surface area contributed by atoms with Gasteiger partial charge in [-0.3, -0.25) is 4.98 Å². The van der Waals surface area contributed by atoms with Crippen molar-refractivity contribution in [1.82, 2.24) is 19.6 Å². The summed E-state index contributed by atoms with van der Waals surface area (Å²) in [4.78, 5) is 20.6. The molecule has 0 N–H and O–H groups in total. The third-order valence-corrected chi connectivity index (χ3v) is 3.97. The van der Waals surface area contributed by atoms with Crippen molar-refractivity contribution in [1.29, 1.82) is 0 Å². The SMILES string of the molecule is COC(=O)c1ccc(-c2ccncc2)n2nc(-c3ccc(F)cc3)nc12. The van der Waals surface area contributed by atoms with Crippen LogP contribution in [0.15, 0.2) is 60.9 Å². The molecule has 6 nitrogen and oxygen atoms in total. The molecule has 0 fully saturated rings. The van der Waals surface area contributed by atoms with Gasteiger partial charge >= 0.3 is 5.97 Å². The standard InChI is InChI=1S/C19H13FN4O2/c1-26-19(25)15-6-7-16(12-8-10-21-11-9-12)24-18(15)22-17(23-24)13-2-4-14(20)5-3-13/h2-11H,1H3. The van der Waals surface area contributed by atoms with Gasteiger partial charge in [-0.05, 0) is 48.5 Å². The van der Waals surface area contributed by atoms with Crippen molar-refractivity contribution in [3.63, 3.8) is 0 Å². The van der Waals surface area contributed by atoms with Gasteiger partial charge in [-0.2, -0.15) is 0 Å². The van der Waals surface area contributed by atoms with Gasteiger partial charge in [0.15, 0.2) is 11.5 Å². The summed E-state index contributed by atoms with van der Waals surface area (Å²) in [5.74, 6) is -0.462. The number of nitrogens with zero attached hydrogens (tertiary/aromatic N) is 4. The molecular formula is C19H13FN4O2. The topological polar surface area (TPSA) is 69.4 Å². The third kappa shape index (κ3) is 2.69. The Balaban J connectivity index is 1.97. The predicted molar refractivity (Wildman–Crippen MR) is 93.0 cm³/mol. The predicted octanol–water partition coefficient (Wildman–Crippen LogP) is 3.38. The molecule has 0 saturated carbocycles. The fourth-order valence-corrected chi connectivity index (χ4v) is 2.69. The summed E-state index contributed by atoms with van der Waals surface area (Å²) in [6.45, 7) is 0. The van der Waals surface area contributed by atoms with Crippen molar-refractivity contribution in [2.45, 2.75) is 0 Å². The summed E-state index contributed by atoms with van der Waals surface area (Å²) in [6, 6.07) is 13.0. The van der Waals surface area contributed by atoms with Crippen LogP contribution in [0.3, 0.4) is 0 Å². The molecule has 4 rings (SSSR count). The number of carbonyl (C=O) groups is 1. The Morgan fingerprint density at radius 3 is 2.42 bits per heavy atom. The summed E-state index contributed by atoms with van der Waals surface area (Å²) < 4.78 is 19.6. The molecule has 26 heavy (non-hydrogen) atoms. The molecule has 0 amide bonds. The van der Waals surface area contributed by atoms with Crippen LogP contribution in [0.2, 0.25) is 0 Å². The molecule has 7 heteroatoms. The van der Waals surface area contributed by atoms with E-state index >= 15 is 0 Å². The minimum absolute atomic E-state index is 0.297. The van der Waals surface area contributed by atoms with Crippen molar-refractivity contribution in [2.75, 3.05) is 7.11 Å². The molecule has 0 aliphatic rings. The van der Waals surface area contributed by atoms with Crippen LogP contribution >= 0.6 is 0 Å². The van der Waals surface area contributed by atoms with Crippen molar-refractivity contribution in [3.05, 3.63) is 72.3 Å². The van der Waals surface area contributed by atoms with Crippen LogP contribution in [0.5, 0.6) is 0 Å². The maximum absolute atomic E-state index is 13.2. The number of pyridine rings is 2. The molecule has 3 aromatic heterocycles. The van der Waals surface area contributed by atoms with E-state index in [9.17, 15) is 9.18 Å². The zero-order valence-corrected chi connectivity index (χ0v) is 13.8. The first-order valence-electron chi connectivity index (χ1n) is 7.82. The van der Waals surface area contributed by atoms with Gasteiger partial charge in [0.2, 0.25) is 0 Å². The molecule has 1 aromatic carbocycles. The number of methoxy groups -OCH3 is 1. The number of hydrogen-bond donors (Lipinski definition) is 0. The second kappa shape index (κ2) is 6.36. The normalized spacial score (nSPS) is 10.8. The molecule has 4 aromatic rings. The smallest absolute Gasteiger partial charge is 0.341 e. The summed E-state index contributed by atoms with van der Waals surface area (Å²) >= 11 is 0. The van der Waals surface area contributed by atoms with Crippen LogP contribution in [0.1, 0.15) is 10.4 Å². The van der Waals surface area contributed by atoms with Crippen LogP contribution in [0.4, 0.5) is 4.39 Å². The molecule has 0 unspecified atom stereocenters. The molecule has 0 aliphatic heterocycles.